The lowest BCUT2D eigenvalue weighted by molar-refractivity contribution is 0.0601. The minimum atomic E-state index is -0.906. The summed E-state index contributed by atoms with van der Waals surface area (Å²) in [6.07, 6.45) is 0.0610. The van der Waals surface area contributed by atoms with Crippen LogP contribution in [0.2, 0.25) is 0 Å². The number of halogens is 1. The van der Waals surface area contributed by atoms with Crippen molar-refractivity contribution in [3.63, 3.8) is 0 Å². The van der Waals surface area contributed by atoms with Crippen LogP contribution in [0, 0.1) is 5.82 Å². The lowest BCUT2D eigenvalue weighted by atomic mass is 10.0. The van der Waals surface area contributed by atoms with Crippen LogP contribution < -0.4 is 0 Å². The second kappa shape index (κ2) is 5.29. The molecule has 0 saturated carbocycles. The van der Waals surface area contributed by atoms with Gasteiger partial charge in [-0.25, -0.2) is 4.39 Å². The van der Waals surface area contributed by atoms with Gasteiger partial charge < -0.3 is 14.5 Å². The van der Waals surface area contributed by atoms with E-state index in [-0.39, 0.29) is 17.5 Å². The van der Waals surface area contributed by atoms with Gasteiger partial charge in [0.05, 0.1) is 11.7 Å². The molecule has 1 amide bonds. The van der Waals surface area contributed by atoms with Gasteiger partial charge in [0.2, 0.25) is 5.76 Å². The van der Waals surface area contributed by atoms with Gasteiger partial charge >= 0.3 is 0 Å². The van der Waals surface area contributed by atoms with Crippen molar-refractivity contribution >= 4 is 5.91 Å². The van der Waals surface area contributed by atoms with E-state index in [1.807, 2.05) is 0 Å². The predicted molar refractivity (Wildman–Crippen MR) is 73.1 cm³/mol. The lowest BCUT2D eigenvalue weighted by Crippen LogP contribution is -2.42. The number of rotatable bonds is 3. The summed E-state index contributed by atoms with van der Waals surface area (Å²) in [5.74, 6) is -0.570. The fourth-order valence-electron chi connectivity index (χ4n) is 2.32. The van der Waals surface area contributed by atoms with Crippen LogP contribution in [0.1, 0.15) is 35.6 Å². The molecule has 0 aliphatic carbocycles. The Hall–Kier alpha value is -2.21. The molecule has 1 fully saturated rings. The van der Waals surface area contributed by atoms with Gasteiger partial charge in [-0.05, 0) is 37.6 Å². The van der Waals surface area contributed by atoms with E-state index < -0.39 is 6.10 Å². The molecule has 1 N–H and O–H groups in total. The zero-order chi connectivity index (χ0) is 15.0. The summed E-state index contributed by atoms with van der Waals surface area (Å²) in [6.45, 7) is 2.92. The number of likely N-dealkylation sites (tertiary alicyclic amines) is 1. The van der Waals surface area contributed by atoms with Gasteiger partial charge in [0.25, 0.3) is 5.91 Å². The Bertz CT molecular complexity index is 660. The first-order chi connectivity index (χ1) is 10.1. The molecule has 1 aliphatic heterocycles. The van der Waals surface area contributed by atoms with Crippen molar-refractivity contribution in [2.24, 2.45) is 0 Å². The van der Waals surface area contributed by atoms with Gasteiger partial charge in [-0.2, -0.15) is 0 Å². The van der Waals surface area contributed by atoms with Gasteiger partial charge in [0.15, 0.2) is 0 Å². The molecule has 0 unspecified atom stereocenters. The molecule has 1 saturated heterocycles. The molecule has 5 nitrogen and oxygen atoms in total. The molecule has 6 heteroatoms. The summed E-state index contributed by atoms with van der Waals surface area (Å²) in [4.78, 5) is 13.9. The van der Waals surface area contributed by atoms with Crippen molar-refractivity contribution in [3.05, 3.63) is 41.4 Å². The number of carbonyl (C=O) groups excluding carboxylic acids is 1. The number of hydrogen-bond acceptors (Lipinski definition) is 4. The smallest absolute Gasteiger partial charge is 0.292 e. The maximum atomic E-state index is 13.0. The lowest BCUT2D eigenvalue weighted by Gasteiger charge is -2.30. The van der Waals surface area contributed by atoms with Crippen LogP contribution in [-0.2, 0) is 0 Å². The van der Waals surface area contributed by atoms with Gasteiger partial charge in [-0.15, -0.1) is 0 Å². The first-order valence-electron chi connectivity index (χ1n) is 6.81. The van der Waals surface area contributed by atoms with Crippen LogP contribution in [-0.4, -0.2) is 34.2 Å². The molecule has 1 aliphatic rings. The Balaban J connectivity index is 2.03. The normalized spacial score (nSPS) is 15.7. The fourth-order valence-corrected chi connectivity index (χ4v) is 2.32. The van der Waals surface area contributed by atoms with Crippen LogP contribution in [0.5, 0.6) is 0 Å². The van der Waals surface area contributed by atoms with Crippen LogP contribution in [0.25, 0.3) is 11.3 Å². The van der Waals surface area contributed by atoms with Gasteiger partial charge in [0.1, 0.15) is 11.5 Å². The van der Waals surface area contributed by atoms with Crippen molar-refractivity contribution in [1.29, 1.82) is 0 Å². The van der Waals surface area contributed by atoms with Crippen LogP contribution >= 0.6 is 0 Å². The maximum Gasteiger partial charge on any atom is 0.292 e. The number of carbonyl (C=O) groups is 1. The summed E-state index contributed by atoms with van der Waals surface area (Å²) >= 11 is 0. The number of aliphatic hydroxyl groups excluding tert-OH is 1. The van der Waals surface area contributed by atoms with E-state index in [4.69, 9.17) is 4.52 Å². The molecule has 1 atom stereocenters. The average Bonchev–Trinajstić information content (AvgIpc) is 2.82. The summed E-state index contributed by atoms with van der Waals surface area (Å²) in [7, 11) is 0. The summed E-state index contributed by atoms with van der Waals surface area (Å²) in [6, 6.07) is 5.67. The number of amides is 1. The minimum absolute atomic E-state index is 0.0593. The number of aliphatic hydroxyl groups is 1. The molecule has 0 bridgehead atoms. The Morgan fingerprint density at radius 3 is 2.57 bits per heavy atom. The Labute approximate surface area is 121 Å². The summed E-state index contributed by atoms with van der Waals surface area (Å²) in [5.41, 5.74) is 1.31. The number of hydrogen-bond donors (Lipinski definition) is 1. The highest BCUT2D eigenvalue weighted by Crippen LogP contribution is 2.32. The van der Waals surface area contributed by atoms with Crippen molar-refractivity contribution in [1.82, 2.24) is 10.1 Å². The van der Waals surface area contributed by atoms with Crippen molar-refractivity contribution in [2.45, 2.75) is 19.4 Å². The Morgan fingerprint density at radius 2 is 2.05 bits per heavy atom. The summed E-state index contributed by atoms with van der Waals surface area (Å²) in [5, 5.41) is 13.9. The summed E-state index contributed by atoms with van der Waals surface area (Å²) < 4.78 is 18.2. The van der Waals surface area contributed by atoms with Crippen LogP contribution in [0.15, 0.2) is 28.8 Å². The first-order valence-corrected chi connectivity index (χ1v) is 6.81. The fraction of sp³-hybridized carbons (Fsp3) is 0.333. The Morgan fingerprint density at radius 1 is 1.38 bits per heavy atom. The van der Waals surface area contributed by atoms with Crippen LogP contribution in [0.3, 0.4) is 0 Å². The van der Waals surface area contributed by atoms with Crippen molar-refractivity contribution < 1.29 is 18.8 Å². The molecular weight excluding hydrogens is 275 g/mol. The van der Waals surface area contributed by atoms with E-state index in [2.05, 4.69) is 5.16 Å². The molecule has 0 spiro atoms. The number of nitrogens with zero attached hydrogens (tertiary/aromatic N) is 2. The average molecular weight is 290 g/mol. The van der Waals surface area contributed by atoms with Crippen molar-refractivity contribution in [2.75, 3.05) is 13.1 Å². The number of benzene rings is 1. The molecule has 2 heterocycles. The van der Waals surface area contributed by atoms with Crippen LogP contribution in [0.4, 0.5) is 4.39 Å². The predicted octanol–water partition coefficient (Wildman–Crippen LogP) is 2.38. The number of aromatic nitrogens is 1. The van der Waals surface area contributed by atoms with Gasteiger partial charge in [0, 0.05) is 18.7 Å². The Kier molecular flexibility index (Phi) is 3.47. The zero-order valence-corrected chi connectivity index (χ0v) is 11.5. The molecule has 21 heavy (non-hydrogen) atoms. The first kappa shape index (κ1) is 13.8. The largest absolute Gasteiger partial charge is 0.388 e. The monoisotopic (exact) mass is 290 g/mol. The van der Waals surface area contributed by atoms with Gasteiger partial charge in [-0.3, -0.25) is 4.79 Å². The van der Waals surface area contributed by atoms with E-state index in [1.165, 1.54) is 24.3 Å². The minimum Gasteiger partial charge on any atom is -0.388 e. The standard InChI is InChI=1S/C15H15FN2O3/c1-9(19)12-13(10-3-5-11(16)6-4-10)17-21-14(12)15(20)18-7-2-8-18/h3-6,9,19H,2,7-8H2,1H3/t9-/m0/s1. The van der Waals surface area contributed by atoms with E-state index in [1.54, 1.807) is 11.8 Å². The third-order valence-corrected chi connectivity index (χ3v) is 3.60. The third-order valence-electron chi connectivity index (χ3n) is 3.60. The molecule has 1 aromatic carbocycles. The molecule has 2 aromatic rings. The van der Waals surface area contributed by atoms with E-state index in [0.717, 1.165) is 6.42 Å². The second-order valence-corrected chi connectivity index (χ2v) is 5.10. The SMILES string of the molecule is C[C@H](O)c1c(-c2ccc(F)cc2)noc1C(=O)N1CCC1. The second-order valence-electron chi connectivity index (χ2n) is 5.10. The third kappa shape index (κ3) is 2.42. The highest BCUT2D eigenvalue weighted by molar-refractivity contribution is 5.95. The molecule has 1 aromatic heterocycles. The molecule has 3 rings (SSSR count). The molecule has 0 radical (unpaired) electrons. The van der Waals surface area contributed by atoms with E-state index in [0.29, 0.717) is 29.9 Å². The van der Waals surface area contributed by atoms with Crippen molar-refractivity contribution in [3.8, 4) is 11.3 Å². The quantitative estimate of drug-likeness (QED) is 0.942. The highest BCUT2D eigenvalue weighted by atomic mass is 19.1. The molecule has 110 valence electrons. The highest BCUT2D eigenvalue weighted by Gasteiger charge is 2.31. The molecular formula is C15H15FN2O3. The van der Waals surface area contributed by atoms with E-state index in [9.17, 15) is 14.3 Å². The topological polar surface area (TPSA) is 66.6 Å². The zero-order valence-electron chi connectivity index (χ0n) is 11.5. The van der Waals surface area contributed by atoms with E-state index >= 15 is 0 Å². The maximum absolute atomic E-state index is 13.0. The van der Waals surface area contributed by atoms with Gasteiger partial charge in [-0.1, -0.05) is 5.16 Å².